The highest BCUT2D eigenvalue weighted by Crippen LogP contribution is 2.11. The average Bonchev–Trinajstić information content (AvgIpc) is 2.25. The van der Waals surface area contributed by atoms with Crippen molar-refractivity contribution in [1.82, 2.24) is 14.3 Å². The number of hydrogen-bond donors (Lipinski definition) is 1. The van der Waals surface area contributed by atoms with E-state index in [-0.39, 0.29) is 11.0 Å². The Bertz CT molecular complexity index is 466. The number of unbranched alkanes of at least 4 members (excludes halogenated alkanes) is 1. The molecule has 0 saturated heterocycles. The maximum atomic E-state index is 11.8. The van der Waals surface area contributed by atoms with E-state index < -0.39 is 10.2 Å². The molecule has 0 amide bonds. The van der Waals surface area contributed by atoms with Crippen LogP contribution in [-0.2, 0) is 10.2 Å². The Balaban J connectivity index is 2.72. The molecule has 0 aliphatic heterocycles. The van der Waals surface area contributed by atoms with Gasteiger partial charge in [0.25, 0.3) is 0 Å². The van der Waals surface area contributed by atoms with Crippen molar-refractivity contribution in [3.8, 4) is 0 Å². The molecule has 0 saturated carbocycles. The molecule has 0 spiro atoms. The van der Waals surface area contributed by atoms with Gasteiger partial charge in [-0.25, -0.2) is 9.97 Å². The highest BCUT2D eigenvalue weighted by Gasteiger charge is 2.17. The van der Waals surface area contributed by atoms with Crippen LogP contribution in [0.5, 0.6) is 0 Å². The van der Waals surface area contributed by atoms with E-state index in [9.17, 15) is 8.42 Å². The molecular formula is C9H15ClN4O2S. The lowest BCUT2D eigenvalue weighted by atomic mass is 10.3. The Morgan fingerprint density at radius 2 is 2.18 bits per heavy atom. The highest BCUT2D eigenvalue weighted by molar-refractivity contribution is 7.90. The van der Waals surface area contributed by atoms with E-state index in [1.165, 1.54) is 23.7 Å². The molecule has 1 aromatic heterocycles. The molecule has 0 unspecified atom stereocenters. The summed E-state index contributed by atoms with van der Waals surface area (Å²) in [4.78, 5) is 7.45. The fraction of sp³-hybridized carbons (Fsp3) is 0.556. The summed E-state index contributed by atoms with van der Waals surface area (Å²) in [6.07, 6.45) is 2.94. The standard InChI is InChI=1S/C9H15ClN4O2S/c1-3-4-5-14(2)17(15,16)13-9-6-8(10)11-7-12-9/h6-7H,3-5H2,1-2H3,(H,11,12,13). The summed E-state index contributed by atoms with van der Waals surface area (Å²) in [6, 6.07) is 1.35. The summed E-state index contributed by atoms with van der Waals surface area (Å²) in [5, 5.41) is 0.189. The predicted molar refractivity (Wildman–Crippen MR) is 67.1 cm³/mol. The lowest BCUT2D eigenvalue weighted by molar-refractivity contribution is 0.463. The summed E-state index contributed by atoms with van der Waals surface area (Å²) >= 11 is 5.64. The van der Waals surface area contributed by atoms with E-state index >= 15 is 0 Å². The number of halogens is 1. The molecule has 1 rings (SSSR count). The Morgan fingerprint density at radius 1 is 1.47 bits per heavy atom. The first-order valence-electron chi connectivity index (χ1n) is 5.17. The number of nitrogens with zero attached hydrogens (tertiary/aromatic N) is 3. The van der Waals surface area contributed by atoms with Crippen LogP contribution >= 0.6 is 11.6 Å². The van der Waals surface area contributed by atoms with Crippen LogP contribution in [0.3, 0.4) is 0 Å². The molecular weight excluding hydrogens is 264 g/mol. The molecule has 0 aromatic carbocycles. The van der Waals surface area contributed by atoms with Crippen LogP contribution < -0.4 is 4.72 Å². The third-order valence-electron chi connectivity index (χ3n) is 2.10. The lowest BCUT2D eigenvalue weighted by Crippen LogP contribution is -2.33. The third kappa shape index (κ3) is 4.45. The first kappa shape index (κ1) is 14.1. The van der Waals surface area contributed by atoms with Crippen molar-refractivity contribution >= 4 is 27.6 Å². The van der Waals surface area contributed by atoms with Crippen LogP contribution in [0.15, 0.2) is 12.4 Å². The maximum Gasteiger partial charge on any atom is 0.302 e. The molecule has 0 fully saturated rings. The van der Waals surface area contributed by atoms with Gasteiger partial charge in [0.2, 0.25) is 0 Å². The van der Waals surface area contributed by atoms with Crippen molar-refractivity contribution in [2.75, 3.05) is 18.3 Å². The minimum absolute atomic E-state index is 0.161. The SMILES string of the molecule is CCCCN(C)S(=O)(=O)Nc1cc(Cl)ncn1. The van der Waals surface area contributed by atoms with Crippen LogP contribution in [0.2, 0.25) is 5.15 Å². The predicted octanol–water partition coefficient (Wildman–Crippen LogP) is 1.52. The van der Waals surface area contributed by atoms with E-state index in [1.54, 1.807) is 0 Å². The summed E-state index contributed by atoms with van der Waals surface area (Å²) in [6.45, 7) is 2.46. The molecule has 17 heavy (non-hydrogen) atoms. The molecule has 0 atom stereocenters. The van der Waals surface area contributed by atoms with Crippen LogP contribution in [0.1, 0.15) is 19.8 Å². The normalized spacial score (nSPS) is 11.8. The molecule has 1 heterocycles. The number of aromatic nitrogens is 2. The van der Waals surface area contributed by atoms with Crippen LogP contribution in [-0.4, -0.2) is 36.3 Å². The fourth-order valence-electron chi connectivity index (χ4n) is 1.10. The van der Waals surface area contributed by atoms with E-state index in [0.29, 0.717) is 6.54 Å². The maximum absolute atomic E-state index is 11.8. The third-order valence-corrected chi connectivity index (χ3v) is 3.78. The molecule has 96 valence electrons. The first-order chi connectivity index (χ1) is 7.95. The molecule has 0 radical (unpaired) electrons. The Morgan fingerprint density at radius 3 is 2.76 bits per heavy atom. The van der Waals surface area contributed by atoms with Gasteiger partial charge in [-0.05, 0) is 6.42 Å². The highest BCUT2D eigenvalue weighted by atomic mass is 35.5. The zero-order valence-electron chi connectivity index (χ0n) is 9.72. The minimum atomic E-state index is -3.57. The molecule has 0 aliphatic carbocycles. The Kier molecular flexibility index (Phi) is 5.10. The largest absolute Gasteiger partial charge is 0.302 e. The van der Waals surface area contributed by atoms with Crippen molar-refractivity contribution in [1.29, 1.82) is 0 Å². The zero-order valence-corrected chi connectivity index (χ0v) is 11.3. The Hall–Kier alpha value is -0.920. The molecule has 0 bridgehead atoms. The van der Waals surface area contributed by atoms with Crippen LogP contribution in [0, 0.1) is 0 Å². The van der Waals surface area contributed by atoms with E-state index in [2.05, 4.69) is 14.7 Å². The van der Waals surface area contributed by atoms with Crippen LogP contribution in [0.4, 0.5) is 5.82 Å². The fourth-order valence-corrected chi connectivity index (χ4v) is 2.15. The number of rotatable bonds is 6. The second-order valence-corrected chi connectivity index (χ2v) is 5.67. The second kappa shape index (κ2) is 6.13. The minimum Gasteiger partial charge on any atom is -0.254 e. The number of hydrogen-bond acceptors (Lipinski definition) is 4. The van der Waals surface area contributed by atoms with E-state index in [1.807, 2.05) is 6.92 Å². The molecule has 8 heteroatoms. The smallest absolute Gasteiger partial charge is 0.254 e. The zero-order chi connectivity index (χ0) is 12.9. The van der Waals surface area contributed by atoms with Gasteiger partial charge in [0.05, 0.1) is 0 Å². The van der Waals surface area contributed by atoms with Crippen LogP contribution in [0.25, 0.3) is 0 Å². The van der Waals surface area contributed by atoms with Crippen molar-refractivity contribution in [3.63, 3.8) is 0 Å². The van der Waals surface area contributed by atoms with Crippen molar-refractivity contribution in [3.05, 3.63) is 17.5 Å². The van der Waals surface area contributed by atoms with Crippen molar-refractivity contribution in [2.24, 2.45) is 0 Å². The molecule has 1 N–H and O–H groups in total. The van der Waals surface area contributed by atoms with Gasteiger partial charge in [-0.3, -0.25) is 4.72 Å². The summed E-state index contributed by atoms with van der Waals surface area (Å²) < 4.78 is 27.2. The van der Waals surface area contributed by atoms with Gasteiger partial charge in [0.15, 0.2) is 0 Å². The molecule has 6 nitrogen and oxygen atoms in total. The van der Waals surface area contributed by atoms with Crippen molar-refractivity contribution < 1.29 is 8.42 Å². The molecule has 0 aliphatic rings. The summed E-state index contributed by atoms with van der Waals surface area (Å²) in [5.74, 6) is 0.161. The van der Waals surface area contributed by atoms with Crippen molar-refractivity contribution in [2.45, 2.75) is 19.8 Å². The quantitative estimate of drug-likeness (QED) is 0.801. The summed E-state index contributed by atoms with van der Waals surface area (Å²) in [7, 11) is -2.05. The first-order valence-corrected chi connectivity index (χ1v) is 6.99. The van der Waals surface area contributed by atoms with Gasteiger partial charge in [0.1, 0.15) is 17.3 Å². The number of nitrogens with one attached hydrogen (secondary N) is 1. The van der Waals surface area contributed by atoms with Gasteiger partial charge < -0.3 is 0 Å². The number of anilines is 1. The topological polar surface area (TPSA) is 75.2 Å². The van der Waals surface area contributed by atoms with Gasteiger partial charge in [-0.2, -0.15) is 12.7 Å². The van der Waals surface area contributed by atoms with E-state index in [0.717, 1.165) is 12.8 Å². The molecule has 1 aromatic rings. The van der Waals surface area contributed by atoms with Gasteiger partial charge >= 0.3 is 10.2 Å². The van der Waals surface area contributed by atoms with Gasteiger partial charge in [-0.1, -0.05) is 24.9 Å². The van der Waals surface area contributed by atoms with Gasteiger partial charge in [0, 0.05) is 19.7 Å². The monoisotopic (exact) mass is 278 g/mol. The lowest BCUT2D eigenvalue weighted by Gasteiger charge is -2.17. The van der Waals surface area contributed by atoms with E-state index in [4.69, 9.17) is 11.6 Å². The Labute approximate surface area is 106 Å². The average molecular weight is 279 g/mol. The second-order valence-electron chi connectivity index (χ2n) is 3.51. The van der Waals surface area contributed by atoms with Gasteiger partial charge in [-0.15, -0.1) is 0 Å². The summed E-state index contributed by atoms with van der Waals surface area (Å²) in [5.41, 5.74) is 0.